The molecular weight excluding hydrogens is 495 g/mol. The molecule has 1 saturated heterocycles. The number of piperazine rings is 1. The monoisotopic (exact) mass is 517 g/mol. The van der Waals surface area contributed by atoms with E-state index in [4.69, 9.17) is 5.26 Å². The Bertz CT molecular complexity index is 1520. The molecule has 0 amide bonds. The van der Waals surface area contributed by atoms with E-state index < -0.39 is 17.7 Å². The molecule has 3 heterocycles. The lowest BCUT2D eigenvalue weighted by Crippen LogP contribution is -2.47. The van der Waals surface area contributed by atoms with E-state index in [0.29, 0.717) is 54.3 Å². The van der Waals surface area contributed by atoms with Gasteiger partial charge in [0.05, 0.1) is 47.3 Å². The highest BCUT2D eigenvalue weighted by Gasteiger charge is 2.38. The van der Waals surface area contributed by atoms with Crippen molar-refractivity contribution in [3.8, 4) is 17.2 Å². The second-order valence-electron chi connectivity index (χ2n) is 8.78. The van der Waals surface area contributed by atoms with Crippen molar-refractivity contribution in [2.75, 3.05) is 43.1 Å². The predicted molar refractivity (Wildman–Crippen MR) is 137 cm³/mol. The van der Waals surface area contributed by atoms with E-state index in [1.165, 1.54) is 25.6 Å². The second-order valence-corrected chi connectivity index (χ2v) is 8.78. The molecule has 0 saturated carbocycles. The van der Waals surface area contributed by atoms with E-state index in [2.05, 4.69) is 14.7 Å². The molecule has 2 aromatic carbocycles. The number of nitrogens with zero attached hydrogens (tertiary/aromatic N) is 5. The maximum absolute atomic E-state index is 14.5. The quantitative estimate of drug-likeness (QED) is 0.340. The van der Waals surface area contributed by atoms with Crippen molar-refractivity contribution in [3.05, 3.63) is 83.7 Å². The molecular formula is C28H22F3N5O2. The van der Waals surface area contributed by atoms with E-state index in [1.54, 1.807) is 53.4 Å². The van der Waals surface area contributed by atoms with Crippen LogP contribution in [0.2, 0.25) is 0 Å². The van der Waals surface area contributed by atoms with Crippen molar-refractivity contribution in [1.29, 1.82) is 5.26 Å². The van der Waals surface area contributed by atoms with Crippen LogP contribution in [0.5, 0.6) is 0 Å². The molecule has 1 aliphatic heterocycles. The highest BCUT2D eigenvalue weighted by atomic mass is 19.4. The molecule has 7 nitrogen and oxygen atoms in total. The number of pyridine rings is 2. The highest BCUT2D eigenvalue weighted by Crippen LogP contribution is 2.43. The second kappa shape index (κ2) is 10.0. The number of carbonyl (C=O) groups is 1. The maximum atomic E-state index is 14.5. The zero-order valence-corrected chi connectivity index (χ0v) is 20.4. The normalized spacial score (nSPS) is 13.9. The largest absolute Gasteiger partial charge is 0.465 e. The van der Waals surface area contributed by atoms with Crippen molar-refractivity contribution < 1.29 is 22.7 Å². The Morgan fingerprint density at radius 1 is 0.947 bits per heavy atom. The Labute approximate surface area is 216 Å². The van der Waals surface area contributed by atoms with Crippen LogP contribution in [0.25, 0.3) is 22.0 Å². The molecule has 1 aliphatic rings. The first-order valence-electron chi connectivity index (χ1n) is 11.8. The van der Waals surface area contributed by atoms with Gasteiger partial charge in [-0.05, 0) is 29.8 Å². The minimum Gasteiger partial charge on any atom is -0.465 e. The lowest BCUT2D eigenvalue weighted by molar-refractivity contribution is -0.135. The van der Waals surface area contributed by atoms with Gasteiger partial charge in [-0.2, -0.15) is 18.4 Å². The third kappa shape index (κ3) is 4.70. The standard InChI is InChI=1S/C28H22F3N5O2/c1-38-27(37)20-9-10-24(33-16-20)36-13-11-35(12-14-36)23-17-34-26-21(19-7-5-18(15-32)6-8-19)3-2-4-22(26)25(23)28(29,30)31/h2-10,16-17H,11-14H2,1H3. The van der Waals surface area contributed by atoms with Gasteiger partial charge in [0.25, 0.3) is 0 Å². The van der Waals surface area contributed by atoms with Gasteiger partial charge in [-0.15, -0.1) is 0 Å². The number of esters is 1. The molecule has 38 heavy (non-hydrogen) atoms. The average molecular weight is 518 g/mol. The van der Waals surface area contributed by atoms with Gasteiger partial charge in [-0.25, -0.2) is 9.78 Å². The summed E-state index contributed by atoms with van der Waals surface area (Å²) in [5.41, 5.74) is 1.61. The summed E-state index contributed by atoms with van der Waals surface area (Å²) in [6, 6.07) is 16.8. The van der Waals surface area contributed by atoms with Crippen molar-refractivity contribution >= 4 is 28.4 Å². The molecule has 0 bridgehead atoms. The number of anilines is 2. The van der Waals surface area contributed by atoms with Gasteiger partial charge in [0.1, 0.15) is 5.82 Å². The van der Waals surface area contributed by atoms with Crippen molar-refractivity contribution in [3.63, 3.8) is 0 Å². The summed E-state index contributed by atoms with van der Waals surface area (Å²) in [5.74, 6) is 0.150. The van der Waals surface area contributed by atoms with Crippen LogP contribution >= 0.6 is 0 Å². The fourth-order valence-corrected chi connectivity index (χ4v) is 4.70. The van der Waals surface area contributed by atoms with Gasteiger partial charge >= 0.3 is 12.1 Å². The fourth-order valence-electron chi connectivity index (χ4n) is 4.70. The smallest absolute Gasteiger partial charge is 0.419 e. The molecule has 2 aromatic heterocycles. The number of rotatable bonds is 4. The summed E-state index contributed by atoms with van der Waals surface area (Å²) in [7, 11) is 1.29. The van der Waals surface area contributed by atoms with E-state index in [9.17, 15) is 18.0 Å². The predicted octanol–water partition coefficient (Wildman–Crippen LogP) is 5.30. The maximum Gasteiger partial charge on any atom is 0.419 e. The van der Waals surface area contributed by atoms with Crippen LogP contribution in [0.3, 0.4) is 0 Å². The van der Waals surface area contributed by atoms with E-state index in [1.807, 2.05) is 11.0 Å². The third-order valence-electron chi connectivity index (χ3n) is 6.60. The average Bonchev–Trinajstić information content (AvgIpc) is 2.95. The molecule has 0 radical (unpaired) electrons. The van der Waals surface area contributed by atoms with Crippen LogP contribution in [0.4, 0.5) is 24.7 Å². The first kappa shape index (κ1) is 25.0. The number of alkyl halides is 3. The molecule has 1 fully saturated rings. The number of methoxy groups -OCH3 is 1. The molecule has 0 N–H and O–H groups in total. The van der Waals surface area contributed by atoms with E-state index >= 15 is 0 Å². The molecule has 0 atom stereocenters. The highest BCUT2D eigenvalue weighted by molar-refractivity contribution is 5.98. The number of nitriles is 1. The molecule has 192 valence electrons. The number of aromatic nitrogens is 2. The van der Waals surface area contributed by atoms with Crippen LogP contribution in [-0.2, 0) is 10.9 Å². The lowest BCUT2D eigenvalue weighted by atomic mass is 9.97. The summed E-state index contributed by atoms with van der Waals surface area (Å²) in [6.45, 7) is 1.58. The Morgan fingerprint density at radius 2 is 1.66 bits per heavy atom. The number of halogens is 3. The van der Waals surface area contributed by atoms with E-state index in [-0.39, 0.29) is 16.6 Å². The fraction of sp³-hybridized carbons (Fsp3) is 0.214. The topological polar surface area (TPSA) is 82.4 Å². The number of benzene rings is 2. The van der Waals surface area contributed by atoms with Crippen molar-refractivity contribution in [2.24, 2.45) is 0 Å². The van der Waals surface area contributed by atoms with E-state index in [0.717, 1.165) is 0 Å². The third-order valence-corrected chi connectivity index (χ3v) is 6.60. The molecule has 5 rings (SSSR count). The summed E-state index contributed by atoms with van der Waals surface area (Å²) < 4.78 is 48.2. The van der Waals surface area contributed by atoms with Crippen molar-refractivity contribution in [1.82, 2.24) is 9.97 Å². The Hall–Kier alpha value is -4.65. The Morgan fingerprint density at radius 3 is 2.26 bits per heavy atom. The summed E-state index contributed by atoms with van der Waals surface area (Å²) in [6.07, 6.45) is -1.87. The zero-order valence-electron chi connectivity index (χ0n) is 20.4. The number of ether oxygens (including phenoxy) is 1. The Kier molecular flexibility index (Phi) is 6.59. The zero-order chi connectivity index (χ0) is 26.9. The van der Waals surface area contributed by atoms with Crippen LogP contribution in [0.1, 0.15) is 21.5 Å². The molecule has 4 aromatic rings. The van der Waals surface area contributed by atoms with Gasteiger partial charge in [0.15, 0.2) is 0 Å². The van der Waals surface area contributed by atoms with Crippen LogP contribution in [-0.4, -0.2) is 49.2 Å². The van der Waals surface area contributed by atoms with Gasteiger partial charge < -0.3 is 14.5 Å². The number of para-hydroxylation sites is 1. The van der Waals surface area contributed by atoms with Gasteiger partial charge in [0, 0.05) is 43.3 Å². The first-order chi connectivity index (χ1) is 18.3. The number of hydrogen-bond donors (Lipinski definition) is 0. The minimum atomic E-state index is -4.60. The summed E-state index contributed by atoms with van der Waals surface area (Å²) in [5, 5.41) is 9.08. The molecule has 10 heteroatoms. The van der Waals surface area contributed by atoms with Crippen LogP contribution in [0, 0.1) is 11.3 Å². The SMILES string of the molecule is COC(=O)c1ccc(N2CCN(c3cnc4c(-c5ccc(C#N)cc5)cccc4c3C(F)(F)F)CC2)nc1. The molecule has 0 aliphatic carbocycles. The first-order valence-corrected chi connectivity index (χ1v) is 11.8. The summed E-state index contributed by atoms with van der Waals surface area (Å²) >= 11 is 0. The number of hydrogen-bond acceptors (Lipinski definition) is 7. The number of carbonyl (C=O) groups excluding carboxylic acids is 1. The van der Waals surface area contributed by atoms with Crippen LogP contribution < -0.4 is 9.80 Å². The summed E-state index contributed by atoms with van der Waals surface area (Å²) in [4.78, 5) is 24.1. The number of fused-ring (bicyclic) bond motifs is 1. The minimum absolute atomic E-state index is 0.0272. The van der Waals surface area contributed by atoms with Gasteiger partial charge in [0.2, 0.25) is 0 Å². The van der Waals surface area contributed by atoms with Crippen molar-refractivity contribution in [2.45, 2.75) is 6.18 Å². The lowest BCUT2D eigenvalue weighted by Gasteiger charge is -2.37. The van der Waals surface area contributed by atoms with Crippen LogP contribution in [0.15, 0.2) is 67.0 Å². The Balaban J connectivity index is 1.45. The molecule has 0 spiro atoms. The van der Waals surface area contributed by atoms with Gasteiger partial charge in [-0.1, -0.05) is 30.3 Å². The van der Waals surface area contributed by atoms with Gasteiger partial charge in [-0.3, -0.25) is 4.98 Å². The molecule has 0 unspecified atom stereocenters.